The number of rotatable bonds is 4. The predicted octanol–water partition coefficient (Wildman–Crippen LogP) is 4.25. The highest BCUT2D eigenvalue weighted by Gasteiger charge is 2.27. The van der Waals surface area contributed by atoms with Crippen LogP contribution in [0.15, 0.2) is 35.8 Å². The number of nitrogens with one attached hydrogen (secondary N) is 1. The Morgan fingerprint density at radius 3 is 2.55 bits per heavy atom. The van der Waals surface area contributed by atoms with Gasteiger partial charge >= 0.3 is 0 Å². The molecular formula is C14H17N3O2S. The predicted molar refractivity (Wildman–Crippen MR) is 81.0 cm³/mol. The highest BCUT2D eigenvalue weighted by atomic mass is 32.1. The van der Waals surface area contributed by atoms with Crippen molar-refractivity contribution >= 4 is 22.8 Å². The molecule has 0 fully saturated rings. The summed E-state index contributed by atoms with van der Waals surface area (Å²) < 4.78 is 0. The minimum atomic E-state index is -0.447. The molecule has 0 unspecified atom stereocenters. The molecule has 0 bridgehead atoms. The first-order valence-electron chi connectivity index (χ1n) is 6.28. The fraction of sp³-hybridized carbons (Fsp3) is 0.357. The minimum Gasteiger partial charge on any atom is -0.362 e. The molecule has 0 saturated heterocycles. The van der Waals surface area contributed by atoms with Crippen LogP contribution in [0, 0.1) is 15.5 Å². The molecule has 5 nitrogen and oxygen atoms in total. The van der Waals surface area contributed by atoms with Gasteiger partial charge in [0.25, 0.3) is 5.69 Å². The Morgan fingerprint density at radius 2 is 2.10 bits per heavy atom. The maximum absolute atomic E-state index is 10.6. The van der Waals surface area contributed by atoms with E-state index in [1.54, 1.807) is 17.4 Å². The summed E-state index contributed by atoms with van der Waals surface area (Å²) in [5.41, 5.74) is 0.00730. The van der Waals surface area contributed by atoms with Gasteiger partial charge in [-0.25, -0.2) is 4.98 Å². The lowest BCUT2D eigenvalue weighted by Gasteiger charge is -2.31. The van der Waals surface area contributed by atoms with Gasteiger partial charge in [0.05, 0.1) is 11.0 Å². The van der Waals surface area contributed by atoms with Crippen LogP contribution < -0.4 is 5.32 Å². The van der Waals surface area contributed by atoms with Crippen molar-refractivity contribution in [3.05, 3.63) is 50.8 Å². The number of nitro groups is 1. The van der Waals surface area contributed by atoms with Gasteiger partial charge in [0.1, 0.15) is 12.0 Å². The molecule has 0 spiro atoms. The number of pyridine rings is 1. The highest BCUT2D eigenvalue weighted by molar-refractivity contribution is 7.10. The monoisotopic (exact) mass is 291 g/mol. The van der Waals surface area contributed by atoms with Crippen molar-refractivity contribution in [1.29, 1.82) is 0 Å². The van der Waals surface area contributed by atoms with E-state index in [2.05, 4.69) is 37.1 Å². The van der Waals surface area contributed by atoms with E-state index in [9.17, 15) is 10.1 Å². The third-order valence-corrected chi connectivity index (χ3v) is 3.88. The summed E-state index contributed by atoms with van der Waals surface area (Å²) in [4.78, 5) is 15.5. The van der Waals surface area contributed by atoms with Crippen molar-refractivity contribution in [2.24, 2.45) is 5.41 Å². The van der Waals surface area contributed by atoms with Crippen molar-refractivity contribution in [3.63, 3.8) is 0 Å². The fourth-order valence-electron chi connectivity index (χ4n) is 1.90. The molecule has 106 valence electrons. The lowest BCUT2D eigenvalue weighted by molar-refractivity contribution is -0.385. The van der Waals surface area contributed by atoms with E-state index in [1.165, 1.54) is 17.1 Å². The summed E-state index contributed by atoms with van der Waals surface area (Å²) in [6.07, 6.45) is 1.27. The Kier molecular flexibility index (Phi) is 4.04. The third-order valence-electron chi connectivity index (χ3n) is 2.94. The molecule has 0 saturated carbocycles. The van der Waals surface area contributed by atoms with Crippen LogP contribution in [-0.2, 0) is 0 Å². The molecule has 0 aromatic carbocycles. The molecule has 2 aromatic heterocycles. The molecule has 2 heterocycles. The van der Waals surface area contributed by atoms with Crippen molar-refractivity contribution < 1.29 is 4.92 Å². The second-order valence-corrected chi connectivity index (χ2v) is 6.60. The first kappa shape index (κ1) is 14.5. The molecule has 1 N–H and O–H groups in total. The Labute approximate surface area is 121 Å². The first-order valence-corrected chi connectivity index (χ1v) is 7.16. The van der Waals surface area contributed by atoms with Crippen LogP contribution in [0.5, 0.6) is 0 Å². The Hall–Kier alpha value is -1.95. The zero-order valence-electron chi connectivity index (χ0n) is 11.7. The SMILES string of the molecule is CC(C)(C)[C@@H](Nc1ccc([N+](=O)[O-])cn1)c1cccs1. The van der Waals surface area contributed by atoms with E-state index in [1.807, 2.05) is 11.4 Å². The molecule has 1 atom stereocenters. The molecule has 20 heavy (non-hydrogen) atoms. The largest absolute Gasteiger partial charge is 0.362 e. The van der Waals surface area contributed by atoms with Crippen molar-refractivity contribution in [2.75, 3.05) is 5.32 Å². The molecule has 0 amide bonds. The molecule has 0 aliphatic rings. The summed E-state index contributed by atoms with van der Waals surface area (Å²) in [5, 5.41) is 16.0. The van der Waals surface area contributed by atoms with E-state index in [0.29, 0.717) is 5.82 Å². The zero-order chi connectivity index (χ0) is 14.8. The van der Waals surface area contributed by atoms with Crippen LogP contribution in [0.3, 0.4) is 0 Å². The van der Waals surface area contributed by atoms with Crippen molar-refractivity contribution in [3.8, 4) is 0 Å². The molecule has 2 rings (SSSR count). The molecular weight excluding hydrogens is 274 g/mol. The summed E-state index contributed by atoms with van der Waals surface area (Å²) in [5.74, 6) is 0.643. The summed E-state index contributed by atoms with van der Waals surface area (Å²) in [6, 6.07) is 7.31. The van der Waals surface area contributed by atoms with Crippen molar-refractivity contribution in [2.45, 2.75) is 26.8 Å². The van der Waals surface area contributed by atoms with Crippen LogP contribution in [0.2, 0.25) is 0 Å². The van der Waals surface area contributed by atoms with Gasteiger partial charge in [0, 0.05) is 10.9 Å². The minimum absolute atomic E-state index is 0.000942. The number of nitrogens with zero attached hydrogens (tertiary/aromatic N) is 2. The smallest absolute Gasteiger partial charge is 0.287 e. The van der Waals surface area contributed by atoms with Gasteiger partial charge in [-0.3, -0.25) is 10.1 Å². The van der Waals surface area contributed by atoms with Crippen LogP contribution in [-0.4, -0.2) is 9.91 Å². The first-order chi connectivity index (χ1) is 9.38. The van der Waals surface area contributed by atoms with Gasteiger partial charge in [0.15, 0.2) is 0 Å². The van der Waals surface area contributed by atoms with Gasteiger partial charge in [-0.2, -0.15) is 0 Å². The molecule has 2 aromatic rings. The Morgan fingerprint density at radius 1 is 1.35 bits per heavy atom. The van der Waals surface area contributed by atoms with Gasteiger partial charge in [0.2, 0.25) is 0 Å². The van der Waals surface area contributed by atoms with Crippen LogP contribution >= 0.6 is 11.3 Å². The quantitative estimate of drug-likeness (QED) is 0.675. The summed E-state index contributed by atoms with van der Waals surface area (Å²) in [7, 11) is 0. The van der Waals surface area contributed by atoms with E-state index in [4.69, 9.17) is 0 Å². The van der Waals surface area contributed by atoms with Crippen molar-refractivity contribution in [1.82, 2.24) is 4.98 Å². The van der Waals surface area contributed by atoms with E-state index >= 15 is 0 Å². The third kappa shape index (κ3) is 3.33. The average molecular weight is 291 g/mol. The maximum atomic E-state index is 10.6. The maximum Gasteiger partial charge on any atom is 0.287 e. The van der Waals surface area contributed by atoms with Gasteiger partial charge in [-0.05, 0) is 22.9 Å². The second-order valence-electron chi connectivity index (χ2n) is 5.62. The average Bonchev–Trinajstić information content (AvgIpc) is 2.88. The van der Waals surface area contributed by atoms with Gasteiger partial charge in [-0.1, -0.05) is 26.8 Å². The second kappa shape index (κ2) is 5.58. The number of hydrogen-bond donors (Lipinski definition) is 1. The number of aromatic nitrogens is 1. The lowest BCUT2D eigenvalue weighted by atomic mass is 9.86. The fourth-order valence-corrected chi connectivity index (χ4v) is 2.92. The Balaban J connectivity index is 2.22. The van der Waals surface area contributed by atoms with E-state index in [-0.39, 0.29) is 17.1 Å². The summed E-state index contributed by atoms with van der Waals surface area (Å²) >= 11 is 1.69. The number of anilines is 1. The van der Waals surface area contributed by atoms with Gasteiger partial charge < -0.3 is 5.32 Å². The topological polar surface area (TPSA) is 68.1 Å². The zero-order valence-corrected chi connectivity index (χ0v) is 12.5. The highest BCUT2D eigenvalue weighted by Crippen LogP contribution is 2.37. The van der Waals surface area contributed by atoms with Crippen LogP contribution in [0.4, 0.5) is 11.5 Å². The molecule has 0 aliphatic carbocycles. The Bertz CT molecular complexity index is 573. The van der Waals surface area contributed by atoms with Crippen LogP contribution in [0.1, 0.15) is 31.7 Å². The van der Waals surface area contributed by atoms with E-state index in [0.717, 1.165) is 0 Å². The normalized spacial score (nSPS) is 12.9. The van der Waals surface area contributed by atoms with E-state index < -0.39 is 4.92 Å². The van der Waals surface area contributed by atoms with Crippen LogP contribution in [0.25, 0.3) is 0 Å². The lowest BCUT2D eigenvalue weighted by Crippen LogP contribution is -2.25. The molecule has 0 aliphatic heterocycles. The van der Waals surface area contributed by atoms with Gasteiger partial charge in [-0.15, -0.1) is 11.3 Å². The molecule has 6 heteroatoms. The standard InChI is InChI=1S/C14H17N3O2S/c1-14(2,3)13(11-5-4-8-20-11)16-12-7-6-10(9-15-12)17(18)19/h4-9,13H,1-3H3,(H,15,16)/t13-/m0/s1. The summed E-state index contributed by atoms with van der Waals surface area (Å²) in [6.45, 7) is 6.45. The molecule has 0 radical (unpaired) electrons. The number of thiophene rings is 1. The number of hydrogen-bond acceptors (Lipinski definition) is 5.